The van der Waals surface area contributed by atoms with Crippen molar-refractivity contribution in [1.82, 2.24) is 10.3 Å². The van der Waals surface area contributed by atoms with Crippen molar-refractivity contribution < 1.29 is 9.47 Å². The van der Waals surface area contributed by atoms with E-state index in [1.165, 1.54) is 0 Å². The molecular weight excluding hydrogens is 204 g/mol. The summed E-state index contributed by atoms with van der Waals surface area (Å²) in [6.07, 6.45) is 3.02. The molecule has 1 aromatic rings. The van der Waals surface area contributed by atoms with Crippen LogP contribution in [0.1, 0.15) is 25.1 Å². The third kappa shape index (κ3) is 2.51. The molecule has 0 spiro atoms. The zero-order valence-corrected chi connectivity index (χ0v) is 9.77. The molecule has 0 bridgehead atoms. The van der Waals surface area contributed by atoms with Crippen molar-refractivity contribution in [2.45, 2.75) is 25.5 Å². The van der Waals surface area contributed by atoms with Gasteiger partial charge in [0.2, 0.25) is 0 Å². The number of ether oxygens (including phenoxy) is 2. The molecule has 1 atom stereocenters. The Morgan fingerprint density at radius 3 is 2.81 bits per heavy atom. The minimum absolute atomic E-state index is 0.207. The molecule has 0 saturated carbocycles. The monoisotopic (exact) mass is 222 g/mol. The fourth-order valence-electron chi connectivity index (χ4n) is 1.70. The van der Waals surface area contributed by atoms with Crippen LogP contribution in [0.3, 0.4) is 0 Å². The summed E-state index contributed by atoms with van der Waals surface area (Å²) in [6, 6.07) is 4.31. The zero-order valence-electron chi connectivity index (χ0n) is 9.77. The Morgan fingerprint density at radius 1 is 1.56 bits per heavy atom. The number of aromatic nitrogens is 1. The van der Waals surface area contributed by atoms with Crippen LogP contribution in [-0.4, -0.2) is 31.3 Å². The second-order valence-electron chi connectivity index (χ2n) is 3.95. The van der Waals surface area contributed by atoms with E-state index >= 15 is 0 Å². The van der Waals surface area contributed by atoms with Gasteiger partial charge in [-0.1, -0.05) is 6.92 Å². The lowest BCUT2D eigenvalue weighted by Gasteiger charge is -2.26. The third-order valence-electron chi connectivity index (χ3n) is 2.78. The Hall–Kier alpha value is -1.13. The highest BCUT2D eigenvalue weighted by molar-refractivity contribution is 5.22. The molecule has 1 fully saturated rings. The van der Waals surface area contributed by atoms with Crippen LogP contribution in [0, 0.1) is 0 Å². The van der Waals surface area contributed by atoms with Crippen LogP contribution in [0.2, 0.25) is 0 Å². The number of rotatable bonds is 5. The lowest BCUT2D eigenvalue weighted by molar-refractivity contribution is -0.0798. The molecule has 4 nitrogen and oxygen atoms in total. The van der Waals surface area contributed by atoms with Gasteiger partial charge < -0.3 is 14.8 Å². The Labute approximate surface area is 96.0 Å². The number of nitrogens with zero attached hydrogens (tertiary/aromatic N) is 1. The summed E-state index contributed by atoms with van der Waals surface area (Å²) in [5.74, 6) is 0.822. The van der Waals surface area contributed by atoms with Crippen LogP contribution in [0.15, 0.2) is 18.3 Å². The molecule has 1 N–H and O–H groups in total. The predicted octanol–water partition coefficient (Wildman–Crippen LogP) is 1.53. The fraction of sp³-hybridized carbons (Fsp3) is 0.583. The van der Waals surface area contributed by atoms with Crippen molar-refractivity contribution >= 4 is 0 Å². The van der Waals surface area contributed by atoms with Gasteiger partial charge in [0.25, 0.3) is 0 Å². The minimum atomic E-state index is 0.207. The maximum Gasteiger partial charge on any atom is 0.145 e. The van der Waals surface area contributed by atoms with Crippen molar-refractivity contribution in [1.29, 1.82) is 0 Å². The van der Waals surface area contributed by atoms with E-state index < -0.39 is 0 Å². The molecule has 2 rings (SSSR count). The van der Waals surface area contributed by atoms with E-state index in [4.69, 9.17) is 9.47 Å². The molecule has 1 aliphatic heterocycles. The number of nitrogens with one attached hydrogen (secondary N) is 1. The summed E-state index contributed by atoms with van der Waals surface area (Å²) >= 11 is 0. The summed E-state index contributed by atoms with van der Waals surface area (Å²) in [4.78, 5) is 4.40. The Kier molecular flexibility index (Phi) is 3.74. The highest BCUT2D eigenvalue weighted by Gasteiger charge is 2.20. The standard InChI is InChI=1S/C12H18N2O2/c1-3-11(13-2)12-5-4-9(6-14-12)16-10-7-15-8-10/h4-6,10-11,13H,3,7-8H2,1-2H3. The third-order valence-corrected chi connectivity index (χ3v) is 2.78. The van der Waals surface area contributed by atoms with E-state index in [9.17, 15) is 0 Å². The van der Waals surface area contributed by atoms with Crippen molar-refractivity contribution in [2.24, 2.45) is 0 Å². The van der Waals surface area contributed by atoms with Gasteiger partial charge in [-0.2, -0.15) is 0 Å². The Balaban J connectivity index is 1.97. The van der Waals surface area contributed by atoms with Gasteiger partial charge in [0.15, 0.2) is 0 Å². The molecule has 16 heavy (non-hydrogen) atoms. The van der Waals surface area contributed by atoms with E-state index in [2.05, 4.69) is 17.2 Å². The van der Waals surface area contributed by atoms with Gasteiger partial charge >= 0.3 is 0 Å². The quantitative estimate of drug-likeness (QED) is 0.820. The highest BCUT2D eigenvalue weighted by atomic mass is 16.6. The molecule has 1 saturated heterocycles. The largest absolute Gasteiger partial charge is 0.484 e. The summed E-state index contributed by atoms with van der Waals surface area (Å²) in [5, 5.41) is 3.23. The zero-order chi connectivity index (χ0) is 11.4. The van der Waals surface area contributed by atoms with Gasteiger partial charge in [-0.25, -0.2) is 0 Å². The van der Waals surface area contributed by atoms with E-state index in [1.807, 2.05) is 19.2 Å². The van der Waals surface area contributed by atoms with Crippen molar-refractivity contribution in [3.8, 4) is 5.75 Å². The molecule has 0 aromatic carbocycles. The lowest BCUT2D eigenvalue weighted by atomic mass is 10.1. The van der Waals surface area contributed by atoms with E-state index in [-0.39, 0.29) is 6.10 Å². The Bertz CT molecular complexity index is 318. The smallest absolute Gasteiger partial charge is 0.145 e. The van der Waals surface area contributed by atoms with Crippen molar-refractivity contribution in [2.75, 3.05) is 20.3 Å². The number of hydrogen-bond acceptors (Lipinski definition) is 4. The first kappa shape index (κ1) is 11.4. The first-order chi connectivity index (χ1) is 7.83. The van der Waals surface area contributed by atoms with Crippen LogP contribution in [0.5, 0.6) is 5.75 Å². The van der Waals surface area contributed by atoms with Gasteiger partial charge in [0.05, 0.1) is 25.1 Å². The number of pyridine rings is 1. The maximum absolute atomic E-state index is 5.64. The first-order valence-corrected chi connectivity index (χ1v) is 5.71. The van der Waals surface area contributed by atoms with Gasteiger partial charge in [-0.15, -0.1) is 0 Å². The van der Waals surface area contributed by atoms with Gasteiger partial charge in [-0.05, 0) is 25.6 Å². The van der Waals surface area contributed by atoms with E-state index in [0.29, 0.717) is 19.3 Å². The van der Waals surface area contributed by atoms with Gasteiger partial charge in [0.1, 0.15) is 11.9 Å². The van der Waals surface area contributed by atoms with Crippen molar-refractivity contribution in [3.05, 3.63) is 24.0 Å². The van der Waals surface area contributed by atoms with Crippen LogP contribution >= 0.6 is 0 Å². The molecule has 1 aliphatic rings. The molecule has 0 radical (unpaired) electrons. The molecule has 2 heterocycles. The van der Waals surface area contributed by atoms with E-state index in [0.717, 1.165) is 17.9 Å². The summed E-state index contributed by atoms with van der Waals surface area (Å²) in [5.41, 5.74) is 1.06. The fourth-order valence-corrected chi connectivity index (χ4v) is 1.70. The predicted molar refractivity (Wildman–Crippen MR) is 61.6 cm³/mol. The first-order valence-electron chi connectivity index (χ1n) is 5.71. The normalized spacial score (nSPS) is 17.9. The summed E-state index contributed by atoms with van der Waals surface area (Å²) in [6.45, 7) is 3.52. The highest BCUT2D eigenvalue weighted by Crippen LogP contribution is 2.19. The molecule has 0 aliphatic carbocycles. The second-order valence-corrected chi connectivity index (χ2v) is 3.95. The summed E-state index contributed by atoms with van der Waals surface area (Å²) < 4.78 is 10.7. The van der Waals surface area contributed by atoms with Crippen LogP contribution < -0.4 is 10.1 Å². The second kappa shape index (κ2) is 5.27. The molecule has 0 amide bonds. The van der Waals surface area contributed by atoms with E-state index in [1.54, 1.807) is 6.20 Å². The average Bonchev–Trinajstić information content (AvgIpc) is 2.27. The average molecular weight is 222 g/mol. The van der Waals surface area contributed by atoms with Crippen molar-refractivity contribution in [3.63, 3.8) is 0 Å². The summed E-state index contributed by atoms with van der Waals surface area (Å²) in [7, 11) is 1.95. The maximum atomic E-state index is 5.64. The molecule has 1 unspecified atom stereocenters. The lowest BCUT2D eigenvalue weighted by Crippen LogP contribution is -2.38. The van der Waals surface area contributed by atoms with Crippen LogP contribution in [0.4, 0.5) is 0 Å². The number of hydrogen-bond donors (Lipinski definition) is 1. The molecule has 4 heteroatoms. The minimum Gasteiger partial charge on any atom is -0.484 e. The SMILES string of the molecule is CCC(NC)c1ccc(OC2COC2)cn1. The van der Waals surface area contributed by atoms with Crippen LogP contribution in [0.25, 0.3) is 0 Å². The van der Waals surface area contributed by atoms with Gasteiger partial charge in [0, 0.05) is 6.04 Å². The van der Waals surface area contributed by atoms with Crippen LogP contribution in [-0.2, 0) is 4.74 Å². The topological polar surface area (TPSA) is 43.4 Å². The van der Waals surface area contributed by atoms with Gasteiger partial charge in [-0.3, -0.25) is 4.98 Å². The molecular formula is C12H18N2O2. The molecule has 88 valence electrons. The molecule has 1 aromatic heterocycles. The Morgan fingerprint density at radius 2 is 2.38 bits per heavy atom.